The lowest BCUT2D eigenvalue weighted by Crippen LogP contribution is -2.27. The summed E-state index contributed by atoms with van der Waals surface area (Å²) in [5.41, 5.74) is 2.95. The van der Waals surface area contributed by atoms with Crippen LogP contribution in [0.25, 0.3) is 11.4 Å². The number of aromatic amines is 1. The molecule has 2 N–H and O–H groups in total. The number of ether oxygens (including phenoxy) is 1. The molecule has 1 aliphatic heterocycles. The number of hydrogen-bond acceptors (Lipinski definition) is 5. The van der Waals surface area contributed by atoms with Crippen molar-refractivity contribution in [3.8, 4) is 22.9 Å². The van der Waals surface area contributed by atoms with Crippen molar-refractivity contribution in [1.82, 2.24) is 20.6 Å². The lowest BCUT2D eigenvalue weighted by molar-refractivity contribution is 0.484. The molecule has 3 aromatic rings. The molecule has 22 heavy (non-hydrogen) atoms. The Morgan fingerprint density at radius 1 is 1.14 bits per heavy atom. The van der Waals surface area contributed by atoms with Crippen LogP contribution >= 0.6 is 0 Å². The molecule has 1 aliphatic rings. The van der Waals surface area contributed by atoms with Gasteiger partial charge in [-0.25, -0.2) is 5.10 Å². The zero-order valence-corrected chi connectivity index (χ0v) is 11.7. The van der Waals surface area contributed by atoms with Crippen LogP contribution in [0.3, 0.4) is 0 Å². The second-order valence-corrected chi connectivity index (χ2v) is 5.26. The van der Waals surface area contributed by atoms with Crippen LogP contribution in [0, 0.1) is 0 Å². The Morgan fingerprint density at radius 2 is 2.00 bits per heavy atom. The van der Waals surface area contributed by atoms with Crippen molar-refractivity contribution in [2.45, 2.75) is 12.7 Å². The van der Waals surface area contributed by atoms with Gasteiger partial charge >= 0.3 is 6.92 Å². The molecule has 6 nitrogen and oxygen atoms in total. The molecule has 4 rings (SSSR count). The van der Waals surface area contributed by atoms with Gasteiger partial charge in [-0.05, 0) is 64.5 Å². The van der Waals surface area contributed by atoms with Crippen molar-refractivity contribution in [3.63, 3.8) is 0 Å². The third kappa shape index (κ3) is 2.25. The summed E-state index contributed by atoms with van der Waals surface area (Å²) in [5, 5.41) is 23.8. The quantitative estimate of drug-likeness (QED) is 0.713. The number of tetrazole rings is 1. The van der Waals surface area contributed by atoms with E-state index in [0.29, 0.717) is 11.6 Å². The van der Waals surface area contributed by atoms with Crippen LogP contribution in [-0.4, -0.2) is 32.6 Å². The summed E-state index contributed by atoms with van der Waals surface area (Å²) in [6.07, 6.45) is 1.65. The molecule has 7 heteroatoms. The Balaban J connectivity index is 1.61. The number of nitrogens with zero attached hydrogens (tertiary/aromatic N) is 3. The second-order valence-electron chi connectivity index (χ2n) is 5.26. The summed E-state index contributed by atoms with van der Waals surface area (Å²) < 4.78 is 5.94. The molecule has 0 radical (unpaired) electrons. The Labute approximate surface area is 127 Å². The van der Waals surface area contributed by atoms with E-state index in [4.69, 9.17) is 4.74 Å². The molecule has 0 aliphatic carbocycles. The third-order valence-corrected chi connectivity index (χ3v) is 3.88. The number of hydrogen-bond donors (Lipinski definition) is 2. The molecule has 1 aromatic heterocycles. The summed E-state index contributed by atoms with van der Waals surface area (Å²) in [7, 11) is 0. The van der Waals surface area contributed by atoms with Gasteiger partial charge in [0.05, 0.1) is 0 Å². The van der Waals surface area contributed by atoms with Crippen molar-refractivity contribution in [2.24, 2.45) is 0 Å². The molecule has 0 saturated carbocycles. The Bertz CT molecular complexity index is 790. The maximum atomic E-state index is 10.1. The number of benzene rings is 2. The number of aromatic nitrogens is 4. The van der Waals surface area contributed by atoms with E-state index in [0.717, 1.165) is 35.1 Å². The van der Waals surface area contributed by atoms with Gasteiger partial charge in [0.15, 0.2) is 5.82 Å². The molecule has 0 unspecified atom stereocenters. The summed E-state index contributed by atoms with van der Waals surface area (Å²) in [4.78, 5) is 0. The van der Waals surface area contributed by atoms with E-state index in [2.05, 4.69) is 20.6 Å². The van der Waals surface area contributed by atoms with Gasteiger partial charge in [0.1, 0.15) is 11.5 Å². The van der Waals surface area contributed by atoms with E-state index in [9.17, 15) is 5.02 Å². The Morgan fingerprint density at radius 3 is 2.77 bits per heavy atom. The number of H-pyrrole nitrogens is 1. The van der Waals surface area contributed by atoms with Crippen molar-refractivity contribution in [1.29, 1.82) is 0 Å². The number of fused-ring (bicyclic) bond motifs is 1. The lowest BCUT2D eigenvalue weighted by Gasteiger charge is -2.12. The summed E-state index contributed by atoms with van der Waals surface area (Å²) >= 11 is 0. The fraction of sp³-hybridized carbons (Fsp3) is 0.133. The van der Waals surface area contributed by atoms with Crippen LogP contribution in [0.15, 0.2) is 42.5 Å². The van der Waals surface area contributed by atoms with E-state index >= 15 is 0 Å². The predicted molar refractivity (Wildman–Crippen MR) is 82.2 cm³/mol. The highest BCUT2D eigenvalue weighted by atomic mass is 16.5. The van der Waals surface area contributed by atoms with Gasteiger partial charge in [0.25, 0.3) is 0 Å². The molecule has 2 heterocycles. The SMILES string of the molecule is OB1CCc2cccc(Oc3ccc(-c4nnn[nH]4)cc3)c21. The molecular weight excluding hydrogens is 279 g/mol. The molecule has 0 spiro atoms. The fourth-order valence-corrected chi connectivity index (χ4v) is 2.80. The van der Waals surface area contributed by atoms with E-state index in [1.807, 2.05) is 42.5 Å². The van der Waals surface area contributed by atoms with Gasteiger partial charge in [0, 0.05) is 5.56 Å². The zero-order chi connectivity index (χ0) is 14.9. The van der Waals surface area contributed by atoms with Crippen LogP contribution in [-0.2, 0) is 6.42 Å². The molecule has 0 fully saturated rings. The molecular formula is C15H13BN4O2. The first-order chi connectivity index (χ1) is 10.8. The number of rotatable bonds is 3. The zero-order valence-electron chi connectivity index (χ0n) is 11.7. The van der Waals surface area contributed by atoms with Crippen molar-refractivity contribution < 1.29 is 9.76 Å². The van der Waals surface area contributed by atoms with Crippen molar-refractivity contribution in [3.05, 3.63) is 48.0 Å². The normalized spacial score (nSPS) is 13.2. The van der Waals surface area contributed by atoms with Crippen LogP contribution in [0.5, 0.6) is 11.5 Å². The number of aryl methyl sites for hydroxylation is 1. The van der Waals surface area contributed by atoms with Gasteiger partial charge in [-0.3, -0.25) is 0 Å². The van der Waals surface area contributed by atoms with Crippen molar-refractivity contribution in [2.75, 3.05) is 0 Å². The first kappa shape index (κ1) is 13.0. The molecule has 0 bridgehead atoms. The minimum atomic E-state index is -0.439. The summed E-state index contributed by atoms with van der Waals surface area (Å²) in [5.74, 6) is 2.04. The van der Waals surface area contributed by atoms with Crippen LogP contribution < -0.4 is 10.2 Å². The van der Waals surface area contributed by atoms with Gasteiger partial charge in [-0.1, -0.05) is 12.1 Å². The third-order valence-electron chi connectivity index (χ3n) is 3.88. The van der Waals surface area contributed by atoms with Gasteiger partial charge in [0.2, 0.25) is 0 Å². The van der Waals surface area contributed by atoms with Crippen LogP contribution in [0.2, 0.25) is 6.32 Å². The van der Waals surface area contributed by atoms with Crippen LogP contribution in [0.1, 0.15) is 5.56 Å². The van der Waals surface area contributed by atoms with E-state index in [1.54, 1.807) is 0 Å². The smallest absolute Gasteiger partial charge is 0.328 e. The standard InChI is InChI=1S/C15H13BN4O2/c21-16-9-8-10-2-1-3-13(14(10)16)22-12-6-4-11(5-7-12)15-17-19-20-18-15/h1-7,21H,8-9H2,(H,17,18,19,20). The molecule has 0 atom stereocenters. The molecule has 0 amide bonds. The number of nitrogens with one attached hydrogen (secondary N) is 1. The minimum Gasteiger partial charge on any atom is -0.458 e. The first-order valence-corrected chi connectivity index (χ1v) is 7.13. The monoisotopic (exact) mass is 292 g/mol. The predicted octanol–water partition coefficient (Wildman–Crippen LogP) is 1.41. The van der Waals surface area contributed by atoms with E-state index < -0.39 is 6.92 Å². The largest absolute Gasteiger partial charge is 0.458 e. The minimum absolute atomic E-state index is 0.439. The highest BCUT2D eigenvalue weighted by Gasteiger charge is 2.28. The first-order valence-electron chi connectivity index (χ1n) is 7.13. The average molecular weight is 292 g/mol. The Hall–Kier alpha value is -2.67. The highest BCUT2D eigenvalue weighted by Crippen LogP contribution is 2.26. The van der Waals surface area contributed by atoms with Gasteiger partial charge < -0.3 is 9.76 Å². The summed E-state index contributed by atoms with van der Waals surface area (Å²) in [6, 6.07) is 13.4. The van der Waals surface area contributed by atoms with E-state index in [1.165, 1.54) is 0 Å². The lowest BCUT2D eigenvalue weighted by atomic mass is 9.62. The molecule has 2 aromatic carbocycles. The summed E-state index contributed by atoms with van der Waals surface area (Å²) in [6.45, 7) is -0.439. The van der Waals surface area contributed by atoms with E-state index in [-0.39, 0.29) is 0 Å². The average Bonchev–Trinajstić information content (AvgIpc) is 3.19. The maximum Gasteiger partial charge on any atom is 0.328 e. The Kier molecular flexibility index (Phi) is 3.12. The maximum absolute atomic E-state index is 10.1. The highest BCUT2D eigenvalue weighted by molar-refractivity contribution is 6.69. The van der Waals surface area contributed by atoms with Crippen LogP contribution in [0.4, 0.5) is 0 Å². The van der Waals surface area contributed by atoms with Crippen molar-refractivity contribution >= 4 is 12.4 Å². The molecule has 0 saturated heterocycles. The van der Waals surface area contributed by atoms with Gasteiger partial charge in [-0.2, -0.15) is 0 Å². The van der Waals surface area contributed by atoms with Gasteiger partial charge in [-0.15, -0.1) is 5.10 Å². The second kappa shape index (κ2) is 5.27. The topological polar surface area (TPSA) is 83.9 Å². The molecule has 108 valence electrons. The fourth-order valence-electron chi connectivity index (χ4n) is 2.80.